The topological polar surface area (TPSA) is 59.8 Å². The van der Waals surface area contributed by atoms with Gasteiger partial charge >= 0.3 is 0 Å². The molecule has 0 bridgehead atoms. The molecule has 5 nitrogen and oxygen atoms in total. The molecule has 1 rings (SSSR count). The molecule has 18 heavy (non-hydrogen) atoms. The van der Waals surface area contributed by atoms with Crippen LogP contribution in [0.2, 0.25) is 0 Å². The van der Waals surface area contributed by atoms with Gasteiger partial charge in [0.05, 0.1) is 12.2 Å². The predicted octanol–water partition coefficient (Wildman–Crippen LogP) is 1.49. The Morgan fingerprint density at radius 3 is 3.06 bits per heavy atom. The van der Waals surface area contributed by atoms with Crippen LogP contribution in [-0.4, -0.2) is 34.1 Å². The zero-order chi connectivity index (χ0) is 13.2. The van der Waals surface area contributed by atoms with Gasteiger partial charge in [-0.15, -0.1) is 5.10 Å². The molecule has 102 valence electrons. The molecule has 0 saturated carbocycles. The first-order valence-electron chi connectivity index (χ1n) is 6.48. The number of carbonyl (C=O) groups excluding carboxylic acids is 1. The van der Waals surface area contributed by atoms with Gasteiger partial charge in [-0.2, -0.15) is 0 Å². The highest BCUT2D eigenvalue weighted by Crippen LogP contribution is 1.99. The van der Waals surface area contributed by atoms with Crippen molar-refractivity contribution in [3.63, 3.8) is 0 Å². The van der Waals surface area contributed by atoms with Gasteiger partial charge in [0, 0.05) is 25.6 Å². The lowest BCUT2D eigenvalue weighted by Crippen LogP contribution is -2.24. The van der Waals surface area contributed by atoms with Crippen LogP contribution in [0.4, 0.5) is 4.39 Å². The second-order valence-electron chi connectivity index (χ2n) is 4.22. The number of rotatable bonds is 9. The molecular weight excluding hydrogens is 235 g/mol. The summed E-state index contributed by atoms with van der Waals surface area (Å²) < 4.78 is 13.5. The van der Waals surface area contributed by atoms with Crippen LogP contribution in [0.3, 0.4) is 0 Å². The van der Waals surface area contributed by atoms with Crippen LogP contribution in [0.15, 0.2) is 6.20 Å². The average molecular weight is 256 g/mol. The smallest absolute Gasteiger partial charge is 0.220 e. The van der Waals surface area contributed by atoms with E-state index in [-0.39, 0.29) is 12.5 Å². The molecule has 0 fully saturated rings. The molecule has 0 saturated heterocycles. The maximum Gasteiger partial charge on any atom is 0.220 e. The first-order chi connectivity index (χ1) is 8.76. The molecule has 6 heteroatoms. The summed E-state index contributed by atoms with van der Waals surface area (Å²) in [6.07, 6.45) is 5.94. The van der Waals surface area contributed by atoms with Crippen LogP contribution in [-0.2, 0) is 17.8 Å². The van der Waals surface area contributed by atoms with E-state index in [1.54, 1.807) is 6.20 Å². The van der Waals surface area contributed by atoms with Crippen LogP contribution in [0, 0.1) is 0 Å². The number of aromatic nitrogens is 3. The van der Waals surface area contributed by atoms with E-state index in [0.29, 0.717) is 12.8 Å². The molecule has 1 heterocycles. The summed E-state index contributed by atoms with van der Waals surface area (Å²) in [6.45, 7) is 2.63. The summed E-state index contributed by atoms with van der Waals surface area (Å²) in [5.41, 5.74) is 0.729. The Hall–Kier alpha value is -1.46. The lowest BCUT2D eigenvalue weighted by Gasteiger charge is -2.03. The highest BCUT2D eigenvalue weighted by Gasteiger charge is 2.05. The first kappa shape index (κ1) is 14.6. The van der Waals surface area contributed by atoms with E-state index in [4.69, 9.17) is 0 Å². The zero-order valence-electron chi connectivity index (χ0n) is 10.9. The maximum absolute atomic E-state index is 12.1. The molecule has 0 aliphatic rings. The Labute approximate surface area is 107 Å². The molecule has 1 amide bonds. The van der Waals surface area contributed by atoms with Gasteiger partial charge in [0.25, 0.3) is 0 Å². The number of nitrogens with zero attached hydrogens (tertiary/aromatic N) is 3. The average Bonchev–Trinajstić information content (AvgIpc) is 2.80. The molecule has 1 aromatic heterocycles. The van der Waals surface area contributed by atoms with Gasteiger partial charge < -0.3 is 5.32 Å². The Bertz CT molecular complexity index is 354. The van der Waals surface area contributed by atoms with Crippen molar-refractivity contribution >= 4 is 5.91 Å². The zero-order valence-corrected chi connectivity index (χ0v) is 10.9. The highest BCUT2D eigenvalue weighted by atomic mass is 19.1. The summed E-state index contributed by atoms with van der Waals surface area (Å²) in [4.78, 5) is 11.5. The Kier molecular flexibility index (Phi) is 6.98. The molecule has 0 unspecified atom stereocenters. The molecule has 0 radical (unpaired) electrons. The van der Waals surface area contributed by atoms with Gasteiger partial charge in [0.2, 0.25) is 5.91 Å². The number of hydrogen-bond donors (Lipinski definition) is 1. The molecule has 0 aromatic carbocycles. The number of alkyl halides is 1. The van der Waals surface area contributed by atoms with Crippen molar-refractivity contribution in [3.8, 4) is 0 Å². The molecule has 0 spiro atoms. The number of carbonyl (C=O) groups is 1. The van der Waals surface area contributed by atoms with Gasteiger partial charge in [-0.25, -0.2) is 9.07 Å². The van der Waals surface area contributed by atoms with Crippen molar-refractivity contribution in [1.29, 1.82) is 0 Å². The van der Waals surface area contributed by atoms with E-state index in [1.807, 2.05) is 0 Å². The SMILES string of the molecule is CCCCCNC(=O)CCc1cn(CCF)nn1. The maximum atomic E-state index is 12.1. The van der Waals surface area contributed by atoms with Crippen LogP contribution >= 0.6 is 0 Å². The summed E-state index contributed by atoms with van der Waals surface area (Å²) >= 11 is 0. The van der Waals surface area contributed by atoms with Crippen LogP contribution in [0.25, 0.3) is 0 Å². The fourth-order valence-corrected chi connectivity index (χ4v) is 1.58. The predicted molar refractivity (Wildman–Crippen MR) is 66.9 cm³/mol. The minimum Gasteiger partial charge on any atom is -0.356 e. The van der Waals surface area contributed by atoms with Crippen LogP contribution < -0.4 is 5.32 Å². The number of aryl methyl sites for hydroxylation is 2. The summed E-state index contributed by atoms with van der Waals surface area (Å²) in [7, 11) is 0. The van der Waals surface area contributed by atoms with Crippen molar-refractivity contribution in [3.05, 3.63) is 11.9 Å². The van der Waals surface area contributed by atoms with Gasteiger partial charge in [-0.3, -0.25) is 4.79 Å². The number of hydrogen-bond acceptors (Lipinski definition) is 3. The minimum atomic E-state index is -0.458. The fourth-order valence-electron chi connectivity index (χ4n) is 1.58. The largest absolute Gasteiger partial charge is 0.356 e. The Morgan fingerprint density at radius 1 is 1.50 bits per heavy atom. The van der Waals surface area contributed by atoms with Crippen molar-refractivity contribution in [2.45, 2.75) is 45.6 Å². The molecule has 0 atom stereocenters. The number of nitrogens with one attached hydrogen (secondary N) is 1. The van der Waals surface area contributed by atoms with Gasteiger partial charge in [-0.1, -0.05) is 25.0 Å². The van der Waals surface area contributed by atoms with Gasteiger partial charge in [0.1, 0.15) is 6.67 Å². The van der Waals surface area contributed by atoms with E-state index >= 15 is 0 Å². The fraction of sp³-hybridized carbons (Fsp3) is 0.750. The van der Waals surface area contributed by atoms with Gasteiger partial charge in [0.15, 0.2) is 0 Å². The van der Waals surface area contributed by atoms with Crippen molar-refractivity contribution in [1.82, 2.24) is 20.3 Å². The minimum absolute atomic E-state index is 0.0335. The lowest BCUT2D eigenvalue weighted by atomic mass is 10.2. The second-order valence-corrected chi connectivity index (χ2v) is 4.22. The van der Waals surface area contributed by atoms with Crippen molar-refractivity contribution in [2.24, 2.45) is 0 Å². The van der Waals surface area contributed by atoms with Crippen molar-refractivity contribution < 1.29 is 9.18 Å². The van der Waals surface area contributed by atoms with E-state index in [1.165, 1.54) is 4.68 Å². The summed E-state index contributed by atoms with van der Waals surface area (Å²) in [5.74, 6) is 0.0335. The molecule has 1 N–H and O–H groups in total. The molecule has 0 aliphatic carbocycles. The third-order valence-electron chi connectivity index (χ3n) is 2.61. The Balaban J connectivity index is 2.16. The summed E-state index contributed by atoms with van der Waals surface area (Å²) in [6, 6.07) is 0. The third-order valence-corrected chi connectivity index (χ3v) is 2.61. The van der Waals surface area contributed by atoms with Crippen LogP contribution in [0.5, 0.6) is 0 Å². The summed E-state index contributed by atoms with van der Waals surface area (Å²) in [5, 5.41) is 10.5. The van der Waals surface area contributed by atoms with E-state index < -0.39 is 6.67 Å². The van der Waals surface area contributed by atoms with E-state index in [2.05, 4.69) is 22.6 Å². The monoisotopic (exact) mass is 256 g/mol. The van der Waals surface area contributed by atoms with Gasteiger partial charge in [-0.05, 0) is 6.42 Å². The lowest BCUT2D eigenvalue weighted by molar-refractivity contribution is -0.121. The molecule has 1 aromatic rings. The van der Waals surface area contributed by atoms with Crippen LogP contribution in [0.1, 0.15) is 38.3 Å². The van der Waals surface area contributed by atoms with E-state index in [9.17, 15) is 9.18 Å². The third kappa shape index (κ3) is 5.75. The number of halogens is 1. The Morgan fingerprint density at radius 2 is 2.33 bits per heavy atom. The quantitative estimate of drug-likeness (QED) is 0.681. The molecule has 0 aliphatic heterocycles. The molecular formula is C12H21FN4O. The number of amides is 1. The first-order valence-corrected chi connectivity index (χ1v) is 6.48. The standard InChI is InChI=1S/C12H21FN4O/c1-2-3-4-8-14-12(18)6-5-11-10-17(9-7-13)16-15-11/h10H,2-9H2,1H3,(H,14,18). The highest BCUT2D eigenvalue weighted by molar-refractivity contribution is 5.75. The van der Waals surface area contributed by atoms with E-state index in [0.717, 1.165) is 31.5 Å². The second kappa shape index (κ2) is 8.60. The normalized spacial score (nSPS) is 10.6. The number of unbranched alkanes of at least 4 members (excludes halogenated alkanes) is 2. The van der Waals surface area contributed by atoms with Crippen molar-refractivity contribution in [2.75, 3.05) is 13.2 Å².